The Bertz CT molecular complexity index is 855. The molecule has 0 bridgehead atoms. The number of ether oxygens (including phenoxy) is 1. The van der Waals surface area contributed by atoms with Crippen molar-refractivity contribution in [1.29, 1.82) is 0 Å². The fourth-order valence-electron chi connectivity index (χ4n) is 3.12. The minimum absolute atomic E-state index is 0.0862. The third-order valence-corrected chi connectivity index (χ3v) is 4.67. The van der Waals surface area contributed by atoms with Crippen molar-refractivity contribution in [3.63, 3.8) is 0 Å². The Labute approximate surface area is 160 Å². The van der Waals surface area contributed by atoms with Crippen molar-refractivity contribution < 1.29 is 9.53 Å². The summed E-state index contributed by atoms with van der Waals surface area (Å²) in [5.74, 6) is 0.935. The molecule has 0 saturated carbocycles. The third-order valence-electron chi connectivity index (χ3n) is 4.67. The van der Waals surface area contributed by atoms with Crippen molar-refractivity contribution in [3.05, 3.63) is 65.9 Å². The smallest absolute Gasteiger partial charge is 0.221 e. The van der Waals surface area contributed by atoms with Crippen LogP contribution in [-0.2, 0) is 17.6 Å². The first-order valence-corrected chi connectivity index (χ1v) is 9.41. The molecule has 0 aliphatic rings. The number of benzene rings is 2. The van der Waals surface area contributed by atoms with Crippen LogP contribution >= 0.6 is 0 Å². The van der Waals surface area contributed by atoms with Gasteiger partial charge in [-0.2, -0.15) is 0 Å². The van der Waals surface area contributed by atoms with Gasteiger partial charge in [-0.15, -0.1) is 0 Å². The number of amides is 1. The van der Waals surface area contributed by atoms with E-state index in [-0.39, 0.29) is 5.91 Å². The van der Waals surface area contributed by atoms with E-state index in [4.69, 9.17) is 4.74 Å². The van der Waals surface area contributed by atoms with Crippen molar-refractivity contribution in [2.45, 2.75) is 19.3 Å². The minimum atomic E-state index is 0.0862. The van der Waals surface area contributed by atoms with Gasteiger partial charge >= 0.3 is 0 Å². The summed E-state index contributed by atoms with van der Waals surface area (Å²) in [5.41, 5.74) is 3.67. The average Bonchev–Trinajstić information content (AvgIpc) is 3.11. The second-order valence-corrected chi connectivity index (χ2v) is 6.56. The molecular formula is C22H27N3O2. The van der Waals surface area contributed by atoms with Gasteiger partial charge in [0.1, 0.15) is 5.75 Å². The summed E-state index contributed by atoms with van der Waals surface area (Å²) >= 11 is 0. The standard InChI is InChI=1S/C22H27N3O2/c1-27-19-8-6-17(7-9-19)10-15-24-22(26)12-14-23-13-11-18-16-25-21-5-3-2-4-20(18)21/h2-9,16,23,25H,10-15H2,1H3,(H,24,26). The van der Waals surface area contributed by atoms with E-state index in [9.17, 15) is 4.79 Å². The highest BCUT2D eigenvalue weighted by molar-refractivity contribution is 5.83. The minimum Gasteiger partial charge on any atom is -0.497 e. The number of hydrogen-bond acceptors (Lipinski definition) is 3. The van der Waals surface area contributed by atoms with Crippen LogP contribution in [0.25, 0.3) is 10.9 Å². The van der Waals surface area contributed by atoms with E-state index in [0.717, 1.165) is 25.1 Å². The highest BCUT2D eigenvalue weighted by Gasteiger charge is 2.04. The predicted octanol–water partition coefficient (Wildman–Crippen LogP) is 3.06. The highest BCUT2D eigenvalue weighted by atomic mass is 16.5. The first-order valence-electron chi connectivity index (χ1n) is 9.41. The summed E-state index contributed by atoms with van der Waals surface area (Å²) in [7, 11) is 1.66. The quantitative estimate of drug-likeness (QED) is 0.484. The van der Waals surface area contributed by atoms with Gasteiger partial charge in [-0.3, -0.25) is 4.79 Å². The molecule has 27 heavy (non-hydrogen) atoms. The normalized spacial score (nSPS) is 10.9. The Morgan fingerprint density at radius 1 is 1.00 bits per heavy atom. The molecule has 0 aliphatic carbocycles. The van der Waals surface area contributed by atoms with Crippen LogP contribution in [0.4, 0.5) is 0 Å². The number of carbonyl (C=O) groups is 1. The lowest BCUT2D eigenvalue weighted by atomic mass is 10.1. The SMILES string of the molecule is COc1ccc(CCNC(=O)CCNCCc2c[nH]c3ccccc23)cc1. The molecule has 0 saturated heterocycles. The summed E-state index contributed by atoms with van der Waals surface area (Å²) in [6, 6.07) is 16.2. The first kappa shape index (κ1) is 19.0. The number of aromatic nitrogens is 1. The van der Waals surface area contributed by atoms with Crippen molar-refractivity contribution in [2.75, 3.05) is 26.7 Å². The zero-order valence-corrected chi connectivity index (χ0v) is 15.8. The molecule has 1 aromatic heterocycles. The molecular weight excluding hydrogens is 338 g/mol. The summed E-state index contributed by atoms with van der Waals surface area (Å²) in [6.07, 6.45) is 4.33. The largest absolute Gasteiger partial charge is 0.497 e. The average molecular weight is 365 g/mol. The molecule has 0 unspecified atom stereocenters. The lowest BCUT2D eigenvalue weighted by Crippen LogP contribution is -2.29. The van der Waals surface area contributed by atoms with Gasteiger partial charge < -0.3 is 20.4 Å². The van der Waals surface area contributed by atoms with E-state index in [2.05, 4.69) is 40.0 Å². The van der Waals surface area contributed by atoms with E-state index < -0.39 is 0 Å². The van der Waals surface area contributed by atoms with Gasteiger partial charge in [0.2, 0.25) is 5.91 Å². The third kappa shape index (κ3) is 5.59. The summed E-state index contributed by atoms with van der Waals surface area (Å²) in [5, 5.41) is 7.60. The molecule has 1 amide bonds. The van der Waals surface area contributed by atoms with E-state index in [0.29, 0.717) is 19.5 Å². The van der Waals surface area contributed by atoms with Crippen LogP contribution in [0.5, 0.6) is 5.75 Å². The van der Waals surface area contributed by atoms with Gasteiger partial charge in [0.05, 0.1) is 7.11 Å². The number of fused-ring (bicyclic) bond motifs is 1. The van der Waals surface area contributed by atoms with Gasteiger partial charge in [-0.1, -0.05) is 30.3 Å². The Balaban J connectivity index is 1.28. The molecule has 5 heteroatoms. The monoisotopic (exact) mass is 365 g/mol. The van der Waals surface area contributed by atoms with Crippen LogP contribution in [0.1, 0.15) is 17.5 Å². The number of methoxy groups -OCH3 is 1. The molecule has 5 nitrogen and oxygen atoms in total. The molecule has 0 atom stereocenters. The number of hydrogen-bond donors (Lipinski definition) is 3. The van der Waals surface area contributed by atoms with Crippen LogP contribution in [0, 0.1) is 0 Å². The van der Waals surface area contributed by atoms with Crippen molar-refractivity contribution in [1.82, 2.24) is 15.6 Å². The zero-order valence-electron chi connectivity index (χ0n) is 15.8. The van der Waals surface area contributed by atoms with E-state index in [1.165, 1.54) is 22.0 Å². The van der Waals surface area contributed by atoms with Gasteiger partial charge in [0.25, 0.3) is 0 Å². The van der Waals surface area contributed by atoms with Crippen LogP contribution in [-0.4, -0.2) is 37.6 Å². The molecule has 2 aromatic carbocycles. The van der Waals surface area contributed by atoms with Gasteiger partial charge in [0.15, 0.2) is 0 Å². The highest BCUT2D eigenvalue weighted by Crippen LogP contribution is 2.17. The van der Waals surface area contributed by atoms with Gasteiger partial charge in [-0.25, -0.2) is 0 Å². The summed E-state index contributed by atoms with van der Waals surface area (Å²) in [4.78, 5) is 15.2. The Kier molecular flexibility index (Phi) is 6.88. The Morgan fingerprint density at radius 3 is 2.63 bits per heavy atom. The second-order valence-electron chi connectivity index (χ2n) is 6.56. The molecule has 1 heterocycles. The topological polar surface area (TPSA) is 66.2 Å². The van der Waals surface area contributed by atoms with Crippen molar-refractivity contribution in [3.8, 4) is 5.75 Å². The van der Waals surface area contributed by atoms with Crippen LogP contribution in [0.3, 0.4) is 0 Å². The molecule has 0 radical (unpaired) electrons. The van der Waals surface area contributed by atoms with Crippen LogP contribution in [0.2, 0.25) is 0 Å². The Morgan fingerprint density at radius 2 is 1.81 bits per heavy atom. The molecule has 3 N–H and O–H groups in total. The van der Waals surface area contributed by atoms with Crippen molar-refractivity contribution >= 4 is 16.8 Å². The van der Waals surface area contributed by atoms with E-state index in [1.807, 2.05) is 30.3 Å². The number of rotatable bonds is 10. The molecule has 3 aromatic rings. The molecule has 0 aliphatic heterocycles. The lowest BCUT2D eigenvalue weighted by Gasteiger charge is -2.07. The maximum atomic E-state index is 11.9. The fraction of sp³-hybridized carbons (Fsp3) is 0.318. The summed E-state index contributed by atoms with van der Waals surface area (Å²) < 4.78 is 5.14. The molecule has 3 rings (SSSR count). The van der Waals surface area contributed by atoms with Gasteiger partial charge in [-0.05, 0) is 48.7 Å². The molecule has 0 spiro atoms. The zero-order chi connectivity index (χ0) is 18.9. The van der Waals surface area contributed by atoms with E-state index >= 15 is 0 Å². The second kappa shape index (κ2) is 9.78. The fourth-order valence-corrected chi connectivity index (χ4v) is 3.12. The van der Waals surface area contributed by atoms with Crippen molar-refractivity contribution in [2.24, 2.45) is 0 Å². The lowest BCUT2D eigenvalue weighted by molar-refractivity contribution is -0.120. The van der Waals surface area contributed by atoms with Crippen LogP contribution < -0.4 is 15.4 Å². The number of aromatic amines is 1. The van der Waals surface area contributed by atoms with E-state index in [1.54, 1.807) is 7.11 Å². The number of nitrogens with one attached hydrogen (secondary N) is 3. The number of carbonyl (C=O) groups excluding carboxylic acids is 1. The number of para-hydroxylation sites is 1. The van der Waals surface area contributed by atoms with Gasteiger partial charge in [0, 0.05) is 36.6 Å². The summed E-state index contributed by atoms with van der Waals surface area (Å²) in [6.45, 7) is 2.21. The number of H-pyrrole nitrogens is 1. The predicted molar refractivity (Wildman–Crippen MR) is 109 cm³/mol. The first-order chi connectivity index (χ1) is 13.3. The van der Waals surface area contributed by atoms with Crippen LogP contribution in [0.15, 0.2) is 54.7 Å². The maximum absolute atomic E-state index is 11.9. The Hall–Kier alpha value is -2.79. The maximum Gasteiger partial charge on any atom is 0.221 e. The molecule has 0 fully saturated rings. The molecule has 142 valence electrons.